The van der Waals surface area contributed by atoms with Crippen LogP contribution in [0.5, 0.6) is 5.75 Å². The van der Waals surface area contributed by atoms with Crippen molar-refractivity contribution in [3.05, 3.63) is 64.2 Å². The van der Waals surface area contributed by atoms with Gasteiger partial charge in [-0.3, -0.25) is 14.4 Å². The number of carbonyl (C=O) groups excluding carboxylic acids is 3. The Hall–Kier alpha value is -3.15. The van der Waals surface area contributed by atoms with Crippen LogP contribution in [0.25, 0.3) is 0 Å². The third-order valence-corrected chi connectivity index (χ3v) is 5.38. The van der Waals surface area contributed by atoms with Gasteiger partial charge in [-0.25, -0.2) is 0 Å². The molecule has 6 heteroatoms. The number of hydrogen-bond acceptors (Lipinski definition) is 5. The molecule has 0 fully saturated rings. The number of ketones is 1. The summed E-state index contributed by atoms with van der Waals surface area (Å²) in [5, 5.41) is 0. The highest BCUT2D eigenvalue weighted by Crippen LogP contribution is 2.26. The Morgan fingerprint density at radius 2 is 1.66 bits per heavy atom. The van der Waals surface area contributed by atoms with E-state index >= 15 is 0 Å². The lowest BCUT2D eigenvalue weighted by molar-refractivity contribution is -0.144. The Labute approximate surface area is 190 Å². The van der Waals surface area contributed by atoms with E-state index in [0.717, 1.165) is 16.7 Å². The van der Waals surface area contributed by atoms with E-state index in [2.05, 4.69) is 0 Å². The number of nitrogens with zero attached hydrogens (tertiary/aromatic N) is 1. The summed E-state index contributed by atoms with van der Waals surface area (Å²) in [7, 11) is 1.57. The Balaban J connectivity index is 2.48. The van der Waals surface area contributed by atoms with Gasteiger partial charge in [0.25, 0.3) is 5.91 Å². The average molecular weight is 440 g/mol. The highest BCUT2D eigenvalue weighted by atomic mass is 16.5. The van der Waals surface area contributed by atoms with Crippen LogP contribution in [0.1, 0.15) is 65.1 Å². The fraction of sp³-hybridized carbons (Fsp3) is 0.423. The molecule has 0 saturated carbocycles. The molecule has 172 valence electrons. The number of benzene rings is 2. The van der Waals surface area contributed by atoms with Gasteiger partial charge in [-0.15, -0.1) is 0 Å². The summed E-state index contributed by atoms with van der Waals surface area (Å²) in [5.74, 6) is -0.286. The summed E-state index contributed by atoms with van der Waals surface area (Å²) in [6.45, 7) is 10.5. The van der Waals surface area contributed by atoms with Gasteiger partial charge >= 0.3 is 5.97 Å². The zero-order valence-electron chi connectivity index (χ0n) is 20.1. The van der Waals surface area contributed by atoms with Gasteiger partial charge in [0.2, 0.25) is 0 Å². The fourth-order valence-electron chi connectivity index (χ4n) is 3.78. The van der Waals surface area contributed by atoms with Crippen LogP contribution in [-0.4, -0.2) is 48.4 Å². The number of carbonyl (C=O) groups is 3. The molecular formula is C26H33NO5. The normalized spacial score (nSPS) is 11.1. The van der Waals surface area contributed by atoms with Gasteiger partial charge in [0.15, 0.2) is 5.78 Å². The number of esters is 1. The second-order valence-corrected chi connectivity index (χ2v) is 8.62. The first-order valence-corrected chi connectivity index (χ1v) is 10.7. The molecule has 0 aliphatic rings. The maximum atomic E-state index is 13.6. The van der Waals surface area contributed by atoms with E-state index in [1.54, 1.807) is 45.2 Å². The minimum atomic E-state index is -0.901. The molecule has 2 rings (SSSR count). The van der Waals surface area contributed by atoms with Crippen molar-refractivity contribution in [2.45, 2.75) is 53.5 Å². The van der Waals surface area contributed by atoms with E-state index in [9.17, 15) is 14.4 Å². The summed E-state index contributed by atoms with van der Waals surface area (Å²) in [5.41, 5.74) is 2.83. The molecular weight excluding hydrogens is 406 g/mol. The molecule has 0 heterocycles. The van der Waals surface area contributed by atoms with Crippen molar-refractivity contribution in [3.63, 3.8) is 0 Å². The summed E-state index contributed by atoms with van der Waals surface area (Å²) < 4.78 is 10.6. The number of ether oxygens (including phenoxy) is 2. The molecule has 0 unspecified atom stereocenters. The summed E-state index contributed by atoms with van der Waals surface area (Å²) >= 11 is 0. The van der Waals surface area contributed by atoms with Gasteiger partial charge < -0.3 is 14.4 Å². The Morgan fingerprint density at radius 3 is 2.19 bits per heavy atom. The van der Waals surface area contributed by atoms with Crippen LogP contribution in [0.2, 0.25) is 0 Å². The van der Waals surface area contributed by atoms with E-state index in [1.165, 1.54) is 11.8 Å². The van der Waals surface area contributed by atoms with Crippen LogP contribution in [0.4, 0.5) is 0 Å². The molecule has 1 amide bonds. The highest BCUT2D eigenvalue weighted by Gasteiger charge is 2.35. The Morgan fingerprint density at radius 1 is 1.03 bits per heavy atom. The number of hydrogen-bond donors (Lipinski definition) is 0. The minimum absolute atomic E-state index is 0.0229. The number of Topliss-reactive ketones (excluding diaryl/α,β-unsaturated/α-hetero) is 1. The van der Waals surface area contributed by atoms with Crippen molar-refractivity contribution < 1.29 is 23.9 Å². The topological polar surface area (TPSA) is 72.9 Å². The standard InChI is InChI=1S/C26H33NO5/c1-8-21-22(10-9-11-24(21)31-7)23(29)15-27(26(5,6)16-32-19(4)28)25(30)20-13-17(2)12-18(3)14-20/h9-14H,8,15-16H2,1-7H3. The van der Waals surface area contributed by atoms with Crippen LogP contribution < -0.4 is 4.74 Å². The molecule has 0 N–H and O–H groups in total. The average Bonchev–Trinajstić information content (AvgIpc) is 2.73. The Kier molecular flexibility index (Phi) is 8.19. The summed E-state index contributed by atoms with van der Waals surface area (Å²) in [6.07, 6.45) is 0.618. The second-order valence-electron chi connectivity index (χ2n) is 8.62. The molecule has 32 heavy (non-hydrogen) atoms. The predicted molar refractivity (Wildman–Crippen MR) is 124 cm³/mol. The zero-order valence-corrected chi connectivity index (χ0v) is 20.1. The molecule has 0 aliphatic heterocycles. The number of amides is 1. The van der Waals surface area contributed by atoms with Gasteiger partial charge in [-0.2, -0.15) is 0 Å². The molecule has 6 nitrogen and oxygen atoms in total. The lowest BCUT2D eigenvalue weighted by Crippen LogP contribution is -2.53. The lowest BCUT2D eigenvalue weighted by Gasteiger charge is -2.38. The van der Waals surface area contributed by atoms with Crippen LogP contribution in [0.3, 0.4) is 0 Å². The molecule has 0 atom stereocenters. The molecule has 0 radical (unpaired) electrons. The molecule has 0 bridgehead atoms. The van der Waals surface area contributed by atoms with Crippen molar-refractivity contribution in [2.75, 3.05) is 20.3 Å². The van der Waals surface area contributed by atoms with Crippen LogP contribution in [0, 0.1) is 13.8 Å². The Bertz CT molecular complexity index is 989. The lowest BCUT2D eigenvalue weighted by atomic mass is 9.96. The first-order valence-electron chi connectivity index (χ1n) is 10.7. The number of rotatable bonds is 9. The number of methoxy groups -OCH3 is 1. The van der Waals surface area contributed by atoms with E-state index in [-0.39, 0.29) is 24.8 Å². The van der Waals surface area contributed by atoms with Crippen LogP contribution in [0.15, 0.2) is 36.4 Å². The van der Waals surface area contributed by atoms with E-state index in [4.69, 9.17) is 9.47 Å². The van der Waals surface area contributed by atoms with Crippen molar-refractivity contribution in [1.82, 2.24) is 4.90 Å². The van der Waals surface area contributed by atoms with Crippen LogP contribution >= 0.6 is 0 Å². The van der Waals surface area contributed by atoms with Gasteiger partial charge in [-0.05, 0) is 52.3 Å². The third kappa shape index (κ3) is 5.96. The number of aryl methyl sites for hydroxylation is 2. The van der Waals surface area contributed by atoms with Crippen molar-refractivity contribution >= 4 is 17.7 Å². The maximum Gasteiger partial charge on any atom is 0.302 e. The third-order valence-electron chi connectivity index (χ3n) is 5.38. The largest absolute Gasteiger partial charge is 0.496 e. The minimum Gasteiger partial charge on any atom is -0.496 e. The van der Waals surface area contributed by atoms with Crippen LogP contribution in [-0.2, 0) is 16.0 Å². The molecule has 0 spiro atoms. The quantitative estimate of drug-likeness (QED) is 0.424. The zero-order chi connectivity index (χ0) is 24.1. The second kappa shape index (κ2) is 10.4. The van der Waals surface area contributed by atoms with E-state index < -0.39 is 11.5 Å². The molecule has 0 saturated heterocycles. The molecule has 2 aromatic rings. The van der Waals surface area contributed by atoms with Crippen molar-refractivity contribution in [2.24, 2.45) is 0 Å². The van der Waals surface area contributed by atoms with Crippen molar-refractivity contribution in [1.29, 1.82) is 0 Å². The molecule has 0 aliphatic carbocycles. The highest BCUT2D eigenvalue weighted by molar-refractivity contribution is 6.03. The van der Waals surface area contributed by atoms with E-state index in [1.807, 2.05) is 32.9 Å². The summed E-state index contributed by atoms with van der Waals surface area (Å²) in [6, 6.07) is 10.9. The van der Waals surface area contributed by atoms with Crippen molar-refractivity contribution in [3.8, 4) is 5.75 Å². The first-order chi connectivity index (χ1) is 15.0. The maximum absolute atomic E-state index is 13.6. The van der Waals surface area contributed by atoms with Gasteiger partial charge in [0.1, 0.15) is 12.4 Å². The van der Waals surface area contributed by atoms with Gasteiger partial charge in [-0.1, -0.05) is 36.2 Å². The summed E-state index contributed by atoms with van der Waals surface area (Å²) in [4.78, 5) is 39.9. The molecule has 2 aromatic carbocycles. The molecule has 0 aromatic heterocycles. The van der Waals surface area contributed by atoms with Gasteiger partial charge in [0, 0.05) is 23.6 Å². The van der Waals surface area contributed by atoms with Gasteiger partial charge in [0.05, 0.1) is 19.2 Å². The monoisotopic (exact) mass is 439 g/mol. The van der Waals surface area contributed by atoms with E-state index in [0.29, 0.717) is 23.3 Å². The predicted octanol–water partition coefficient (Wildman–Crippen LogP) is 4.54. The SMILES string of the molecule is CCc1c(OC)cccc1C(=O)CN(C(=O)c1cc(C)cc(C)c1)C(C)(C)COC(C)=O. The first kappa shape index (κ1) is 25.1. The fourth-order valence-corrected chi connectivity index (χ4v) is 3.78. The smallest absolute Gasteiger partial charge is 0.302 e.